The molecule has 1 amide bonds. The molecule has 7 nitrogen and oxygen atoms in total. The van der Waals surface area contributed by atoms with E-state index >= 15 is 0 Å². The van der Waals surface area contributed by atoms with E-state index in [0.717, 1.165) is 23.2 Å². The molecule has 264 valence electrons. The van der Waals surface area contributed by atoms with Gasteiger partial charge in [-0.25, -0.2) is 9.78 Å². The quantitative estimate of drug-likeness (QED) is 0.0812. The Morgan fingerprint density at radius 2 is 1.59 bits per heavy atom. The second kappa shape index (κ2) is 23.5. The average molecular weight is 704 g/mol. The van der Waals surface area contributed by atoms with Crippen LogP contribution in [0.1, 0.15) is 59.3 Å². The maximum absolute atomic E-state index is 11.8. The molecule has 0 bridgehead atoms. The summed E-state index contributed by atoms with van der Waals surface area (Å²) in [5.74, 6) is 0.988. The molecule has 1 heterocycles. The van der Waals surface area contributed by atoms with Crippen molar-refractivity contribution in [3.63, 3.8) is 0 Å². The highest BCUT2D eigenvalue weighted by molar-refractivity contribution is 6.18. The van der Waals surface area contributed by atoms with Gasteiger partial charge in [0, 0.05) is 19.1 Å². The topological polar surface area (TPSA) is 93.5 Å². The fourth-order valence-corrected chi connectivity index (χ4v) is 4.82. The number of amides is 1. The highest BCUT2D eigenvalue weighted by Gasteiger charge is 2.07. The Morgan fingerprint density at radius 3 is 2.18 bits per heavy atom. The molecule has 5 rings (SSSR count). The normalized spacial score (nSPS) is 10.5. The van der Waals surface area contributed by atoms with Crippen molar-refractivity contribution < 1.29 is 19.4 Å². The van der Waals surface area contributed by atoms with Crippen LogP contribution >= 0.6 is 11.6 Å². The van der Waals surface area contributed by atoms with E-state index in [1.807, 2.05) is 80.8 Å². The molecular weight excluding hydrogens is 658 g/mol. The molecule has 4 aromatic carbocycles. The molecule has 0 unspecified atom stereocenters. The second-order valence-corrected chi connectivity index (χ2v) is 11.0. The van der Waals surface area contributed by atoms with Gasteiger partial charge in [0.25, 0.3) is 0 Å². The largest absolute Gasteiger partial charge is 0.489 e. The molecule has 0 spiro atoms. The third kappa shape index (κ3) is 14.3. The van der Waals surface area contributed by atoms with Crippen LogP contribution in [-0.4, -0.2) is 39.5 Å². The number of alkyl halides is 1. The van der Waals surface area contributed by atoms with Crippen molar-refractivity contribution in [2.24, 2.45) is 0 Å². The van der Waals surface area contributed by atoms with Crippen molar-refractivity contribution >= 4 is 52.5 Å². The maximum atomic E-state index is 11.8. The zero-order valence-electron chi connectivity index (χ0n) is 29.6. The first-order valence-corrected chi connectivity index (χ1v) is 17.0. The van der Waals surface area contributed by atoms with Gasteiger partial charge in [0.15, 0.2) is 0 Å². The van der Waals surface area contributed by atoms with Crippen LogP contribution in [0.25, 0.3) is 29.0 Å². The van der Waals surface area contributed by atoms with Crippen molar-refractivity contribution in [3.05, 3.63) is 149 Å². The van der Waals surface area contributed by atoms with E-state index in [0.29, 0.717) is 24.1 Å². The lowest BCUT2D eigenvalue weighted by atomic mass is 10.0. The van der Waals surface area contributed by atoms with Gasteiger partial charge >= 0.3 is 5.97 Å². The number of halogens is 1. The number of carbonyl (C=O) groups is 2. The lowest BCUT2D eigenvalue weighted by Crippen LogP contribution is -2.23. The number of nitrogens with zero attached hydrogens (tertiary/aromatic N) is 2. The summed E-state index contributed by atoms with van der Waals surface area (Å²) in [6, 6.07) is 29.2. The number of imidazole rings is 1. The third-order valence-corrected chi connectivity index (χ3v) is 7.43. The van der Waals surface area contributed by atoms with Crippen molar-refractivity contribution in [1.82, 2.24) is 14.9 Å². The number of hydrogen-bond donors (Lipinski definition) is 2. The van der Waals surface area contributed by atoms with E-state index in [9.17, 15) is 9.59 Å². The number of fused-ring (bicyclic) bond motifs is 1. The van der Waals surface area contributed by atoms with Crippen molar-refractivity contribution in [2.75, 3.05) is 12.9 Å². The van der Waals surface area contributed by atoms with Crippen LogP contribution in [0, 0.1) is 12.8 Å². The number of ether oxygens (including phenoxy) is 1. The number of aromatic nitrogens is 2. The summed E-state index contributed by atoms with van der Waals surface area (Å²) >= 11 is 5.21. The Hall–Kier alpha value is -5.84. The zero-order valence-corrected chi connectivity index (χ0v) is 30.4. The van der Waals surface area contributed by atoms with E-state index in [-0.39, 0.29) is 18.0 Å². The summed E-state index contributed by atoms with van der Waals surface area (Å²) in [5, 5.41) is 14.3. The molecule has 0 fully saturated rings. The number of carbonyl (C=O) groups excluding carboxylic acids is 1. The molecule has 0 saturated carbocycles. The number of allylic oxidation sites excluding steroid dienone is 3. The standard InChI is InChI=1S/C25H25N3O4.C12H12.C4H7Cl.C2H2/c1-3-4-21-15-28(16-24(29)26-2)23(27-21)14-9-18-7-12-22(13-8-18)32-17-19-5-10-20(11-6-19)25(30)31;1-2-10-7-5-8-11-6-3-4-9-12(10)11;1-2-3-4-5;1-2/h3-15H,16-17H2,1-2H3,(H,26,29)(H,30,31);3-9H,2H2,1H3;2-3H,4H2,1H3;1-2H/b4-3+,14-9+;;3-2+;. The maximum Gasteiger partial charge on any atom is 0.335 e. The number of aryl methyl sites for hydroxylation is 1. The molecule has 8 heteroatoms. The molecule has 0 radical (unpaired) electrons. The van der Waals surface area contributed by atoms with Crippen molar-refractivity contribution in [3.8, 4) is 18.6 Å². The molecule has 1 aromatic heterocycles. The first-order valence-electron chi connectivity index (χ1n) is 16.4. The summed E-state index contributed by atoms with van der Waals surface area (Å²) < 4.78 is 7.58. The number of carboxylic acids is 1. The smallest absolute Gasteiger partial charge is 0.335 e. The fraction of sp³-hybridized carbons (Fsp3) is 0.186. The number of likely N-dealkylation sites (N-methyl/N-ethyl adjacent to an activating group) is 1. The van der Waals surface area contributed by atoms with E-state index in [4.69, 9.17) is 21.4 Å². The summed E-state index contributed by atoms with van der Waals surface area (Å²) in [7, 11) is 1.61. The van der Waals surface area contributed by atoms with Crippen molar-refractivity contribution in [1.29, 1.82) is 0 Å². The van der Waals surface area contributed by atoms with Crippen LogP contribution < -0.4 is 10.1 Å². The van der Waals surface area contributed by atoms with E-state index in [2.05, 4.69) is 72.5 Å². The molecule has 51 heavy (non-hydrogen) atoms. The third-order valence-electron chi connectivity index (χ3n) is 7.25. The number of hydrogen-bond acceptors (Lipinski definition) is 4. The highest BCUT2D eigenvalue weighted by atomic mass is 35.5. The fourth-order valence-electron chi connectivity index (χ4n) is 4.64. The van der Waals surface area contributed by atoms with E-state index in [1.165, 1.54) is 16.3 Å². The molecule has 0 aliphatic carbocycles. The first-order chi connectivity index (χ1) is 24.8. The van der Waals surface area contributed by atoms with E-state index < -0.39 is 5.97 Å². The van der Waals surface area contributed by atoms with Gasteiger partial charge in [-0.2, -0.15) is 0 Å². The predicted octanol–water partition coefficient (Wildman–Crippen LogP) is 9.56. The Labute approximate surface area is 307 Å². The minimum atomic E-state index is -0.949. The molecule has 0 saturated heterocycles. The van der Waals surface area contributed by atoms with Crippen molar-refractivity contribution in [2.45, 2.75) is 40.3 Å². The first kappa shape index (κ1) is 41.3. The van der Waals surface area contributed by atoms with Crippen LogP contribution in [0.15, 0.2) is 115 Å². The van der Waals surface area contributed by atoms with E-state index in [1.54, 1.807) is 35.9 Å². The predicted molar refractivity (Wildman–Crippen MR) is 213 cm³/mol. The SMILES string of the molecule is C#C.C/C=C/CCl.C/C=C/c1cn(CC(=O)NC)c(/C=C/c2ccc(OCc3ccc(C(=O)O)cc3)cc2)n1.CCc1cccc2ccccc12. The number of nitrogens with one attached hydrogen (secondary N) is 1. The Kier molecular flexibility index (Phi) is 19.0. The molecule has 0 atom stereocenters. The van der Waals surface area contributed by atoms with Crippen LogP contribution in [0.5, 0.6) is 5.75 Å². The van der Waals surface area contributed by atoms with Gasteiger partial charge in [-0.3, -0.25) is 4.79 Å². The second-order valence-electron chi connectivity index (χ2n) is 10.7. The van der Waals surface area contributed by atoms with Gasteiger partial charge in [-0.1, -0.05) is 98.0 Å². The number of aromatic carboxylic acids is 1. The van der Waals surface area contributed by atoms with Gasteiger partial charge in [-0.05, 0) is 84.1 Å². The number of benzene rings is 4. The summed E-state index contributed by atoms with van der Waals surface area (Å²) in [4.78, 5) is 27.2. The number of carboxylic acid groups (broad SMARTS) is 1. The number of terminal acetylenes is 1. The Bertz CT molecular complexity index is 1900. The van der Waals surface area contributed by atoms with Gasteiger partial charge < -0.3 is 19.7 Å². The molecular formula is C43H46ClN3O4. The average Bonchev–Trinajstić information content (AvgIpc) is 3.55. The lowest BCUT2D eigenvalue weighted by Gasteiger charge is -2.07. The van der Waals surface area contributed by atoms with Gasteiger partial charge in [0.05, 0.1) is 11.3 Å². The highest BCUT2D eigenvalue weighted by Crippen LogP contribution is 2.19. The van der Waals surface area contributed by atoms with Crippen LogP contribution in [0.2, 0.25) is 0 Å². The molecule has 0 aliphatic rings. The Balaban J connectivity index is 0.000000387. The minimum absolute atomic E-state index is 0.0943. The van der Waals surface area contributed by atoms with Gasteiger partial charge in [0.2, 0.25) is 5.91 Å². The Morgan fingerprint density at radius 1 is 0.902 bits per heavy atom. The van der Waals surface area contributed by atoms with Gasteiger partial charge in [0.1, 0.15) is 24.7 Å². The van der Waals surface area contributed by atoms with Gasteiger partial charge in [-0.15, -0.1) is 24.4 Å². The minimum Gasteiger partial charge on any atom is -0.489 e. The molecule has 5 aromatic rings. The zero-order chi connectivity index (χ0) is 37.4. The lowest BCUT2D eigenvalue weighted by molar-refractivity contribution is -0.121. The summed E-state index contributed by atoms with van der Waals surface area (Å²) in [5.41, 5.74) is 4.33. The van der Waals surface area contributed by atoms with Crippen LogP contribution in [-0.2, 0) is 24.4 Å². The van der Waals surface area contributed by atoms with Crippen LogP contribution in [0.3, 0.4) is 0 Å². The van der Waals surface area contributed by atoms with Crippen LogP contribution in [0.4, 0.5) is 0 Å². The summed E-state index contributed by atoms with van der Waals surface area (Å²) in [6.07, 6.45) is 22.4. The summed E-state index contributed by atoms with van der Waals surface area (Å²) in [6.45, 7) is 6.60. The number of rotatable bonds is 11. The monoisotopic (exact) mass is 703 g/mol. The molecule has 0 aliphatic heterocycles. The molecule has 2 N–H and O–H groups in total.